The summed E-state index contributed by atoms with van der Waals surface area (Å²) in [6, 6.07) is 6.06. The number of hydrogen-bond donors (Lipinski definition) is 1. The van der Waals surface area contributed by atoms with E-state index in [-0.39, 0.29) is 0 Å². The maximum atomic E-state index is 8.99. The maximum Gasteiger partial charge on any atom is 0.211 e. The molecule has 0 bridgehead atoms. The Kier molecular flexibility index (Phi) is 2.98. The van der Waals surface area contributed by atoms with Crippen LogP contribution in [0.25, 0.3) is 9.88 Å². The minimum atomic E-state index is 0.482. The molecule has 3 aromatic heterocycles. The Labute approximate surface area is 117 Å². The molecule has 3 aromatic rings. The fourth-order valence-electron chi connectivity index (χ4n) is 1.54. The zero-order valence-corrected chi connectivity index (χ0v) is 11.5. The molecule has 0 aliphatic heterocycles. The van der Waals surface area contributed by atoms with E-state index in [0.29, 0.717) is 16.5 Å². The molecule has 0 fully saturated rings. The van der Waals surface area contributed by atoms with Crippen molar-refractivity contribution in [2.75, 3.05) is 5.32 Å². The van der Waals surface area contributed by atoms with Crippen molar-refractivity contribution in [3.8, 4) is 16.0 Å². The van der Waals surface area contributed by atoms with E-state index in [2.05, 4.69) is 26.7 Å². The number of aryl methyl sites for hydroxylation is 1. The van der Waals surface area contributed by atoms with E-state index in [1.165, 1.54) is 17.5 Å². The first-order valence-electron chi connectivity index (χ1n) is 5.34. The third-order valence-corrected chi connectivity index (χ3v) is 4.32. The van der Waals surface area contributed by atoms with Gasteiger partial charge in [0, 0.05) is 7.05 Å². The zero-order chi connectivity index (χ0) is 13.2. The number of hydrogen-bond acceptors (Lipinski definition) is 7. The Balaban J connectivity index is 1.89. The summed E-state index contributed by atoms with van der Waals surface area (Å²) in [6.07, 6.45) is 1.52. The minimum absolute atomic E-state index is 0.482. The highest BCUT2D eigenvalue weighted by Gasteiger charge is 2.12. The van der Waals surface area contributed by atoms with Gasteiger partial charge in [-0.3, -0.25) is 4.68 Å². The van der Waals surface area contributed by atoms with Crippen molar-refractivity contribution in [2.24, 2.45) is 7.05 Å². The first-order valence-corrected chi connectivity index (χ1v) is 7.04. The number of aromatic nitrogens is 4. The number of anilines is 2. The van der Waals surface area contributed by atoms with Crippen LogP contribution in [0.2, 0.25) is 0 Å². The molecule has 0 aliphatic rings. The molecule has 0 radical (unpaired) electrons. The van der Waals surface area contributed by atoms with Crippen LogP contribution in [0, 0.1) is 11.3 Å². The van der Waals surface area contributed by atoms with Crippen molar-refractivity contribution >= 4 is 33.6 Å². The van der Waals surface area contributed by atoms with Crippen molar-refractivity contribution in [2.45, 2.75) is 0 Å². The molecule has 3 heterocycles. The molecular formula is C11H8N6S2. The van der Waals surface area contributed by atoms with Crippen LogP contribution >= 0.6 is 22.7 Å². The van der Waals surface area contributed by atoms with E-state index in [1.807, 2.05) is 17.5 Å². The second-order valence-corrected chi connectivity index (χ2v) is 5.58. The van der Waals surface area contributed by atoms with Crippen LogP contribution < -0.4 is 5.32 Å². The SMILES string of the molecule is Cn1ncc(C#N)c1Nc1nnc(-c2cccs2)s1. The molecule has 19 heavy (non-hydrogen) atoms. The fraction of sp³-hybridized carbons (Fsp3) is 0.0909. The molecule has 6 nitrogen and oxygen atoms in total. The second-order valence-electron chi connectivity index (χ2n) is 3.66. The van der Waals surface area contributed by atoms with E-state index in [9.17, 15) is 0 Å². The third-order valence-electron chi connectivity index (χ3n) is 2.44. The Hall–Kier alpha value is -2.24. The summed E-state index contributed by atoms with van der Waals surface area (Å²) < 4.78 is 1.60. The summed E-state index contributed by atoms with van der Waals surface area (Å²) in [4.78, 5) is 1.08. The van der Waals surface area contributed by atoms with Gasteiger partial charge in [-0.15, -0.1) is 21.5 Å². The van der Waals surface area contributed by atoms with Crippen molar-refractivity contribution in [1.82, 2.24) is 20.0 Å². The standard InChI is InChI=1S/C11H8N6S2/c1-17-9(7(5-12)6-13-17)14-11-16-15-10(19-11)8-3-2-4-18-8/h2-4,6H,1H3,(H,14,16). The van der Waals surface area contributed by atoms with Gasteiger partial charge in [0.15, 0.2) is 5.01 Å². The topological polar surface area (TPSA) is 79.4 Å². The molecule has 94 valence electrons. The van der Waals surface area contributed by atoms with Crippen molar-refractivity contribution in [3.05, 3.63) is 29.3 Å². The predicted molar refractivity (Wildman–Crippen MR) is 74.4 cm³/mol. The van der Waals surface area contributed by atoms with Crippen molar-refractivity contribution in [1.29, 1.82) is 5.26 Å². The summed E-state index contributed by atoms with van der Waals surface area (Å²) >= 11 is 3.06. The van der Waals surface area contributed by atoms with E-state index < -0.39 is 0 Å². The van der Waals surface area contributed by atoms with Gasteiger partial charge in [0.2, 0.25) is 5.13 Å². The van der Waals surface area contributed by atoms with Crippen LogP contribution in [0.4, 0.5) is 10.9 Å². The summed E-state index contributed by atoms with van der Waals surface area (Å²) in [5.41, 5.74) is 0.482. The molecular weight excluding hydrogens is 280 g/mol. The van der Waals surface area contributed by atoms with Gasteiger partial charge in [0.05, 0.1) is 11.1 Å². The first kappa shape index (κ1) is 11.8. The van der Waals surface area contributed by atoms with Crippen LogP contribution in [0.5, 0.6) is 0 Å². The van der Waals surface area contributed by atoms with Gasteiger partial charge < -0.3 is 5.32 Å². The summed E-state index contributed by atoms with van der Waals surface area (Å²) in [7, 11) is 1.77. The largest absolute Gasteiger partial charge is 0.314 e. The Morgan fingerprint density at radius 2 is 2.32 bits per heavy atom. The van der Waals surface area contributed by atoms with E-state index in [4.69, 9.17) is 5.26 Å². The van der Waals surface area contributed by atoms with Gasteiger partial charge >= 0.3 is 0 Å². The van der Waals surface area contributed by atoms with Gasteiger partial charge in [-0.25, -0.2) is 0 Å². The second kappa shape index (κ2) is 4.79. The lowest BCUT2D eigenvalue weighted by molar-refractivity contribution is 0.776. The molecule has 0 saturated heterocycles. The number of nitriles is 1. The lowest BCUT2D eigenvalue weighted by atomic mass is 10.4. The van der Waals surface area contributed by atoms with Gasteiger partial charge in [0.25, 0.3) is 0 Å². The smallest absolute Gasteiger partial charge is 0.211 e. The van der Waals surface area contributed by atoms with Crippen LogP contribution in [-0.2, 0) is 7.05 Å². The van der Waals surface area contributed by atoms with Gasteiger partial charge in [0.1, 0.15) is 17.5 Å². The quantitative estimate of drug-likeness (QED) is 0.801. The van der Waals surface area contributed by atoms with E-state index >= 15 is 0 Å². The molecule has 8 heteroatoms. The average Bonchev–Trinajstić information content (AvgIpc) is 3.12. The Morgan fingerprint density at radius 3 is 3.05 bits per heavy atom. The minimum Gasteiger partial charge on any atom is -0.314 e. The predicted octanol–water partition coefficient (Wildman–Crippen LogP) is 2.62. The number of nitrogens with zero attached hydrogens (tertiary/aromatic N) is 5. The Morgan fingerprint density at radius 1 is 1.42 bits per heavy atom. The van der Waals surface area contributed by atoms with Gasteiger partial charge in [-0.1, -0.05) is 17.4 Å². The monoisotopic (exact) mass is 288 g/mol. The van der Waals surface area contributed by atoms with Crippen molar-refractivity contribution in [3.63, 3.8) is 0 Å². The molecule has 0 amide bonds. The Bertz CT molecular complexity index is 734. The molecule has 0 unspecified atom stereocenters. The van der Waals surface area contributed by atoms with Crippen LogP contribution in [0.15, 0.2) is 23.7 Å². The van der Waals surface area contributed by atoms with Gasteiger partial charge in [-0.05, 0) is 11.4 Å². The number of nitrogens with one attached hydrogen (secondary N) is 1. The lowest BCUT2D eigenvalue weighted by Crippen LogP contribution is -2.00. The van der Waals surface area contributed by atoms with Gasteiger partial charge in [-0.2, -0.15) is 10.4 Å². The van der Waals surface area contributed by atoms with E-state index in [0.717, 1.165) is 9.88 Å². The highest BCUT2D eigenvalue weighted by Crippen LogP contribution is 2.31. The molecule has 0 aliphatic carbocycles. The molecule has 0 spiro atoms. The summed E-state index contributed by atoms with van der Waals surface area (Å²) in [5, 5.41) is 27.8. The maximum absolute atomic E-state index is 8.99. The van der Waals surface area contributed by atoms with Crippen LogP contribution in [-0.4, -0.2) is 20.0 Å². The molecule has 0 aromatic carbocycles. The normalized spacial score (nSPS) is 10.3. The lowest BCUT2D eigenvalue weighted by Gasteiger charge is -2.01. The van der Waals surface area contributed by atoms with Crippen LogP contribution in [0.1, 0.15) is 5.56 Å². The zero-order valence-electron chi connectivity index (χ0n) is 9.86. The summed E-state index contributed by atoms with van der Waals surface area (Å²) in [5.74, 6) is 0.622. The highest BCUT2D eigenvalue weighted by molar-refractivity contribution is 7.22. The molecule has 0 atom stereocenters. The number of thiophene rings is 1. The first-order chi connectivity index (χ1) is 9.28. The molecule has 3 rings (SSSR count). The number of rotatable bonds is 3. The van der Waals surface area contributed by atoms with Crippen LogP contribution in [0.3, 0.4) is 0 Å². The van der Waals surface area contributed by atoms with E-state index in [1.54, 1.807) is 23.1 Å². The third kappa shape index (κ3) is 2.21. The highest BCUT2D eigenvalue weighted by atomic mass is 32.1. The fourth-order valence-corrected chi connectivity index (χ4v) is 3.08. The molecule has 0 saturated carbocycles. The summed E-state index contributed by atoms with van der Waals surface area (Å²) in [6.45, 7) is 0. The van der Waals surface area contributed by atoms with Crippen molar-refractivity contribution < 1.29 is 0 Å². The average molecular weight is 288 g/mol. The molecule has 1 N–H and O–H groups in total.